The van der Waals surface area contributed by atoms with Crippen molar-refractivity contribution in [2.45, 2.75) is 46.6 Å². The van der Waals surface area contributed by atoms with Crippen LogP contribution in [0.4, 0.5) is 0 Å². The van der Waals surface area contributed by atoms with Crippen LogP contribution in [0.2, 0.25) is 0 Å². The van der Waals surface area contributed by atoms with E-state index in [0.29, 0.717) is 0 Å². The van der Waals surface area contributed by atoms with Crippen LogP contribution in [0.25, 0.3) is 20.5 Å². The molecule has 4 aromatic rings. The number of fused-ring (bicyclic) bond motifs is 1. The molecule has 39 heavy (non-hydrogen) atoms. The molecule has 0 spiro atoms. The third-order valence-electron chi connectivity index (χ3n) is 7.96. The average molecular weight is 543 g/mol. The molecular formula is C34H42N2O2S. The van der Waals surface area contributed by atoms with Gasteiger partial charge in [0, 0.05) is 28.2 Å². The van der Waals surface area contributed by atoms with Crippen LogP contribution < -0.4 is 9.47 Å². The highest BCUT2D eigenvalue weighted by atomic mass is 32.1. The van der Waals surface area contributed by atoms with Gasteiger partial charge in [0.2, 0.25) is 0 Å². The molecule has 0 radical (unpaired) electrons. The minimum atomic E-state index is 0.749. The molecule has 4 nitrogen and oxygen atoms in total. The predicted molar refractivity (Wildman–Crippen MR) is 166 cm³/mol. The molecule has 0 bridgehead atoms. The highest BCUT2D eigenvalue weighted by Crippen LogP contribution is 2.41. The maximum absolute atomic E-state index is 6.08. The summed E-state index contributed by atoms with van der Waals surface area (Å²) < 4.78 is 13.3. The Morgan fingerprint density at radius 1 is 0.923 bits per heavy atom. The van der Waals surface area contributed by atoms with E-state index >= 15 is 0 Å². The summed E-state index contributed by atoms with van der Waals surface area (Å²) in [5.74, 6) is 1.93. The fourth-order valence-corrected chi connectivity index (χ4v) is 6.91. The number of ether oxygens (including phenoxy) is 2. The third kappa shape index (κ3) is 6.66. The number of aryl methyl sites for hydroxylation is 1. The van der Waals surface area contributed by atoms with Gasteiger partial charge in [-0.2, -0.15) is 0 Å². The van der Waals surface area contributed by atoms with Crippen LogP contribution in [-0.4, -0.2) is 56.2 Å². The predicted octanol–water partition coefficient (Wildman–Crippen LogP) is 7.79. The number of methoxy groups -OCH3 is 1. The van der Waals surface area contributed by atoms with Gasteiger partial charge in [0.1, 0.15) is 18.1 Å². The fourth-order valence-electron chi connectivity index (χ4n) is 5.59. The summed E-state index contributed by atoms with van der Waals surface area (Å²) in [6.07, 6.45) is 3.51. The van der Waals surface area contributed by atoms with Gasteiger partial charge in [-0.05, 0) is 116 Å². The number of rotatable bonds is 12. The van der Waals surface area contributed by atoms with Gasteiger partial charge >= 0.3 is 0 Å². The number of hydrogen-bond acceptors (Lipinski definition) is 5. The molecule has 1 fully saturated rings. The monoisotopic (exact) mass is 542 g/mol. The maximum atomic E-state index is 6.08. The summed E-state index contributed by atoms with van der Waals surface area (Å²) in [6.45, 7) is 13.8. The van der Waals surface area contributed by atoms with E-state index in [9.17, 15) is 0 Å². The summed E-state index contributed by atoms with van der Waals surface area (Å²) in [5, 5.41) is 1.35. The second-order valence-electron chi connectivity index (χ2n) is 10.6. The molecule has 0 atom stereocenters. The van der Waals surface area contributed by atoms with Gasteiger partial charge in [-0.15, -0.1) is 11.3 Å². The summed E-state index contributed by atoms with van der Waals surface area (Å²) in [6, 6.07) is 22.3. The van der Waals surface area contributed by atoms with Crippen LogP contribution in [0.15, 0.2) is 60.7 Å². The Balaban J connectivity index is 1.40. The first-order chi connectivity index (χ1) is 19.1. The number of hydrogen-bond donors (Lipinski definition) is 0. The second-order valence-corrected chi connectivity index (χ2v) is 11.7. The molecule has 0 amide bonds. The first-order valence-corrected chi connectivity index (χ1v) is 15.2. The quantitative estimate of drug-likeness (QED) is 0.182. The van der Waals surface area contributed by atoms with Gasteiger partial charge in [-0.25, -0.2) is 0 Å². The van der Waals surface area contributed by atoms with E-state index in [1.54, 1.807) is 7.11 Å². The summed E-state index contributed by atoms with van der Waals surface area (Å²) in [4.78, 5) is 6.25. The molecule has 0 N–H and O–H groups in total. The van der Waals surface area contributed by atoms with Crippen molar-refractivity contribution in [2.24, 2.45) is 0 Å². The van der Waals surface area contributed by atoms with E-state index in [-0.39, 0.29) is 0 Å². The van der Waals surface area contributed by atoms with Gasteiger partial charge in [-0.1, -0.05) is 38.1 Å². The van der Waals surface area contributed by atoms with Gasteiger partial charge < -0.3 is 9.47 Å². The van der Waals surface area contributed by atoms with Gasteiger partial charge in [0.15, 0.2) is 0 Å². The highest BCUT2D eigenvalue weighted by Gasteiger charge is 2.17. The number of benzene rings is 3. The molecule has 1 aromatic heterocycles. The van der Waals surface area contributed by atoms with Crippen LogP contribution in [0.3, 0.4) is 0 Å². The molecule has 1 aliphatic heterocycles. The molecule has 5 heteroatoms. The fraction of sp³-hybridized carbons (Fsp3) is 0.412. The normalized spacial score (nSPS) is 14.0. The van der Waals surface area contributed by atoms with Crippen molar-refractivity contribution in [1.29, 1.82) is 0 Å². The molecule has 1 aliphatic rings. The van der Waals surface area contributed by atoms with E-state index in [2.05, 4.69) is 91.2 Å². The zero-order valence-corrected chi connectivity index (χ0v) is 24.8. The van der Waals surface area contributed by atoms with Crippen LogP contribution in [0, 0.1) is 6.92 Å². The lowest BCUT2D eigenvalue weighted by Crippen LogP contribution is -2.25. The Bertz CT molecular complexity index is 1370. The summed E-state index contributed by atoms with van der Waals surface area (Å²) >= 11 is 1.89. The topological polar surface area (TPSA) is 24.9 Å². The molecular weight excluding hydrogens is 500 g/mol. The molecule has 2 heterocycles. The highest BCUT2D eigenvalue weighted by molar-refractivity contribution is 7.22. The van der Waals surface area contributed by atoms with Crippen molar-refractivity contribution in [2.75, 3.05) is 46.4 Å². The van der Waals surface area contributed by atoms with E-state index in [4.69, 9.17) is 9.47 Å². The average Bonchev–Trinajstić information content (AvgIpc) is 3.60. The Morgan fingerprint density at radius 2 is 1.69 bits per heavy atom. The van der Waals surface area contributed by atoms with Crippen LogP contribution in [0.5, 0.6) is 11.5 Å². The lowest BCUT2D eigenvalue weighted by atomic mass is 9.97. The van der Waals surface area contributed by atoms with E-state index in [0.717, 1.165) is 50.7 Å². The zero-order valence-electron chi connectivity index (χ0n) is 24.0. The largest absolute Gasteiger partial charge is 0.496 e. The standard InChI is InChI=1S/C34H42N2O2S/c1-5-35(6-2)24-28-11-10-26(23-32(28)37-4)22-31-30-16-9-25(3)21-33(30)39-34(31)27-12-14-29(15-13-27)38-20-19-36-17-7-8-18-36/h9-16,21,23H,5-8,17-20,22,24H2,1-4H3. The van der Waals surface area contributed by atoms with Crippen molar-refractivity contribution in [3.05, 3.63) is 82.9 Å². The van der Waals surface area contributed by atoms with Crippen LogP contribution in [0.1, 0.15) is 48.9 Å². The molecule has 0 unspecified atom stereocenters. The number of likely N-dealkylation sites (tertiary alicyclic amines) is 1. The summed E-state index contributed by atoms with van der Waals surface area (Å²) in [7, 11) is 1.79. The van der Waals surface area contributed by atoms with Crippen molar-refractivity contribution < 1.29 is 9.47 Å². The van der Waals surface area contributed by atoms with Crippen molar-refractivity contribution >= 4 is 21.4 Å². The maximum Gasteiger partial charge on any atom is 0.123 e. The van der Waals surface area contributed by atoms with Crippen molar-refractivity contribution in [1.82, 2.24) is 9.80 Å². The molecule has 206 valence electrons. The van der Waals surface area contributed by atoms with Gasteiger partial charge in [-0.3, -0.25) is 9.80 Å². The minimum absolute atomic E-state index is 0.749. The number of thiophene rings is 1. The third-order valence-corrected chi connectivity index (χ3v) is 9.20. The van der Waals surface area contributed by atoms with Gasteiger partial charge in [0.05, 0.1) is 7.11 Å². The van der Waals surface area contributed by atoms with E-state index in [1.165, 1.54) is 68.7 Å². The molecule has 5 rings (SSSR count). The minimum Gasteiger partial charge on any atom is -0.496 e. The van der Waals surface area contributed by atoms with Crippen LogP contribution >= 0.6 is 11.3 Å². The molecule has 0 saturated carbocycles. The number of nitrogens with zero attached hydrogens (tertiary/aromatic N) is 2. The van der Waals surface area contributed by atoms with Crippen molar-refractivity contribution in [3.63, 3.8) is 0 Å². The molecule has 1 saturated heterocycles. The first kappa shape index (κ1) is 27.7. The first-order valence-electron chi connectivity index (χ1n) is 14.4. The Morgan fingerprint density at radius 3 is 2.41 bits per heavy atom. The lowest BCUT2D eigenvalue weighted by molar-refractivity contribution is 0.238. The van der Waals surface area contributed by atoms with Crippen molar-refractivity contribution in [3.8, 4) is 21.9 Å². The van der Waals surface area contributed by atoms with E-state index in [1.807, 2.05) is 11.3 Å². The second kappa shape index (κ2) is 13.0. The smallest absolute Gasteiger partial charge is 0.123 e. The van der Waals surface area contributed by atoms with Crippen LogP contribution in [-0.2, 0) is 13.0 Å². The Hall–Kier alpha value is -2.86. The SMILES string of the molecule is CCN(CC)Cc1ccc(Cc2c(-c3ccc(OCCN4CCCC4)cc3)sc3cc(C)ccc23)cc1OC. The zero-order chi connectivity index (χ0) is 27.2. The lowest BCUT2D eigenvalue weighted by Gasteiger charge is -2.20. The molecule has 3 aromatic carbocycles. The summed E-state index contributed by atoms with van der Waals surface area (Å²) in [5.41, 5.74) is 6.46. The molecule has 0 aliphatic carbocycles. The van der Waals surface area contributed by atoms with Gasteiger partial charge in [0.25, 0.3) is 0 Å². The van der Waals surface area contributed by atoms with E-state index < -0.39 is 0 Å². The Kier molecular flexibility index (Phi) is 9.23. The Labute approximate surface area is 238 Å².